The number of amides is 1. The Hall–Kier alpha value is -3.29. The monoisotopic (exact) mass is 405 g/mol. The molecule has 0 aliphatic heterocycles. The average Bonchev–Trinajstić information content (AvgIpc) is 2.67. The van der Waals surface area contributed by atoms with Gasteiger partial charge < -0.3 is 10.1 Å². The number of nitriles is 1. The molecule has 0 aromatic heterocycles. The van der Waals surface area contributed by atoms with Crippen molar-refractivity contribution in [1.82, 2.24) is 4.72 Å². The molecule has 0 fully saturated rings. The SMILES string of the molecule is C[C@@H](OC(=O)CNS(=O)(=O)c1ccc(F)cc1)C(=O)Nc1ccccc1C#N. The van der Waals surface area contributed by atoms with Crippen LogP contribution in [0.5, 0.6) is 0 Å². The first-order chi connectivity index (χ1) is 13.2. The van der Waals surface area contributed by atoms with Crippen LogP contribution in [0, 0.1) is 17.1 Å². The number of nitrogens with zero attached hydrogens (tertiary/aromatic N) is 1. The molecule has 2 rings (SSSR count). The Balaban J connectivity index is 1.90. The van der Waals surface area contributed by atoms with Gasteiger partial charge in [-0.15, -0.1) is 0 Å². The van der Waals surface area contributed by atoms with Gasteiger partial charge in [0.1, 0.15) is 18.4 Å². The number of esters is 1. The number of carbonyl (C=O) groups excluding carboxylic acids is 2. The molecule has 1 atom stereocenters. The third-order valence-corrected chi connectivity index (χ3v) is 4.93. The minimum absolute atomic E-state index is 0.222. The highest BCUT2D eigenvalue weighted by Crippen LogP contribution is 2.14. The van der Waals surface area contributed by atoms with Crippen molar-refractivity contribution >= 4 is 27.6 Å². The van der Waals surface area contributed by atoms with Crippen LogP contribution in [-0.2, 0) is 24.3 Å². The second kappa shape index (κ2) is 9.07. The second-order valence-electron chi connectivity index (χ2n) is 5.56. The molecule has 2 aromatic carbocycles. The van der Waals surface area contributed by atoms with Gasteiger partial charge in [-0.1, -0.05) is 12.1 Å². The molecular weight excluding hydrogens is 389 g/mol. The predicted molar refractivity (Wildman–Crippen MR) is 96.9 cm³/mol. The molecule has 2 N–H and O–H groups in total. The summed E-state index contributed by atoms with van der Waals surface area (Å²) in [5, 5.41) is 11.5. The lowest BCUT2D eigenvalue weighted by molar-refractivity contribution is -0.151. The smallest absolute Gasteiger partial charge is 0.321 e. The quantitative estimate of drug-likeness (QED) is 0.673. The molecule has 8 nitrogen and oxygen atoms in total. The van der Waals surface area contributed by atoms with Gasteiger partial charge in [-0.3, -0.25) is 9.59 Å². The van der Waals surface area contributed by atoms with Gasteiger partial charge in [0.05, 0.1) is 16.1 Å². The molecule has 0 unspecified atom stereocenters. The highest BCUT2D eigenvalue weighted by Gasteiger charge is 2.21. The Kier molecular flexibility index (Phi) is 6.81. The summed E-state index contributed by atoms with van der Waals surface area (Å²) in [7, 11) is -4.04. The molecule has 0 aliphatic rings. The lowest BCUT2D eigenvalue weighted by Crippen LogP contribution is -2.36. The van der Waals surface area contributed by atoms with Crippen molar-refractivity contribution in [3.8, 4) is 6.07 Å². The van der Waals surface area contributed by atoms with E-state index >= 15 is 0 Å². The number of rotatable bonds is 7. The van der Waals surface area contributed by atoms with Gasteiger partial charge in [0, 0.05) is 0 Å². The largest absolute Gasteiger partial charge is 0.452 e. The Morgan fingerprint density at radius 2 is 1.82 bits per heavy atom. The molecule has 0 saturated carbocycles. The van der Waals surface area contributed by atoms with E-state index in [2.05, 4.69) is 5.32 Å². The van der Waals surface area contributed by atoms with Crippen LogP contribution in [0.15, 0.2) is 53.4 Å². The summed E-state index contributed by atoms with van der Waals surface area (Å²) >= 11 is 0. The average molecular weight is 405 g/mol. The van der Waals surface area contributed by atoms with Gasteiger partial charge in [0.25, 0.3) is 5.91 Å². The van der Waals surface area contributed by atoms with E-state index in [0.29, 0.717) is 0 Å². The Morgan fingerprint density at radius 1 is 1.18 bits per heavy atom. The maximum absolute atomic E-state index is 12.9. The highest BCUT2D eigenvalue weighted by atomic mass is 32.2. The second-order valence-corrected chi connectivity index (χ2v) is 7.32. The molecule has 2 aromatic rings. The molecule has 0 saturated heterocycles. The first kappa shape index (κ1) is 21.0. The maximum atomic E-state index is 12.9. The Morgan fingerprint density at radius 3 is 2.46 bits per heavy atom. The van der Waals surface area contributed by atoms with Crippen LogP contribution in [0.25, 0.3) is 0 Å². The van der Waals surface area contributed by atoms with E-state index in [0.717, 1.165) is 24.3 Å². The normalized spacial score (nSPS) is 11.9. The van der Waals surface area contributed by atoms with Gasteiger partial charge in [-0.25, -0.2) is 12.8 Å². The van der Waals surface area contributed by atoms with Crippen LogP contribution in [0.1, 0.15) is 12.5 Å². The number of para-hydroxylation sites is 1. The summed E-state index contributed by atoms with van der Waals surface area (Å²) in [4.78, 5) is 23.7. The summed E-state index contributed by atoms with van der Waals surface area (Å²) in [6.45, 7) is 0.586. The van der Waals surface area contributed by atoms with E-state index < -0.39 is 40.4 Å². The van der Waals surface area contributed by atoms with Crippen molar-refractivity contribution in [3.63, 3.8) is 0 Å². The molecule has 0 spiro atoms. The van der Waals surface area contributed by atoms with E-state index in [9.17, 15) is 22.4 Å². The van der Waals surface area contributed by atoms with Gasteiger partial charge in [-0.05, 0) is 43.3 Å². The van der Waals surface area contributed by atoms with Crippen molar-refractivity contribution in [2.24, 2.45) is 0 Å². The summed E-state index contributed by atoms with van der Waals surface area (Å²) in [6, 6.07) is 12.2. The van der Waals surface area contributed by atoms with Gasteiger partial charge >= 0.3 is 5.97 Å². The maximum Gasteiger partial charge on any atom is 0.321 e. The summed E-state index contributed by atoms with van der Waals surface area (Å²) in [5.41, 5.74) is 0.497. The van der Waals surface area contributed by atoms with E-state index in [1.165, 1.54) is 19.1 Å². The molecule has 0 aliphatic carbocycles. The van der Waals surface area contributed by atoms with Crippen LogP contribution in [-0.4, -0.2) is 32.9 Å². The van der Waals surface area contributed by atoms with Crippen molar-refractivity contribution in [2.75, 3.05) is 11.9 Å². The number of nitrogens with one attached hydrogen (secondary N) is 2. The third kappa shape index (κ3) is 5.60. The standard InChI is InChI=1S/C18H16FN3O5S/c1-12(18(24)22-16-5-3-2-4-13(16)10-20)27-17(23)11-21-28(25,26)15-8-6-14(19)7-9-15/h2-9,12,21H,11H2,1H3,(H,22,24)/t12-/m1/s1. The first-order valence-corrected chi connectivity index (χ1v) is 9.46. The topological polar surface area (TPSA) is 125 Å². The van der Waals surface area contributed by atoms with E-state index in [1.54, 1.807) is 12.1 Å². The van der Waals surface area contributed by atoms with E-state index in [4.69, 9.17) is 10.00 Å². The zero-order valence-electron chi connectivity index (χ0n) is 14.7. The van der Waals surface area contributed by atoms with Crippen LogP contribution < -0.4 is 10.0 Å². The molecule has 0 radical (unpaired) electrons. The zero-order chi connectivity index (χ0) is 20.7. The fraction of sp³-hybridized carbons (Fsp3) is 0.167. The van der Waals surface area contributed by atoms with E-state index in [-0.39, 0.29) is 16.1 Å². The van der Waals surface area contributed by atoms with Crippen LogP contribution in [0.4, 0.5) is 10.1 Å². The van der Waals surface area contributed by atoms with Gasteiger partial charge in [0.15, 0.2) is 6.10 Å². The molecule has 146 valence electrons. The summed E-state index contributed by atoms with van der Waals surface area (Å²) in [5.74, 6) is -2.27. The van der Waals surface area contributed by atoms with Crippen molar-refractivity contribution in [2.45, 2.75) is 17.9 Å². The van der Waals surface area contributed by atoms with Crippen molar-refractivity contribution in [1.29, 1.82) is 5.26 Å². The molecular formula is C18H16FN3O5S. The van der Waals surface area contributed by atoms with Gasteiger partial charge in [-0.2, -0.15) is 9.98 Å². The number of halogens is 1. The van der Waals surface area contributed by atoms with Crippen LogP contribution >= 0.6 is 0 Å². The summed E-state index contributed by atoms with van der Waals surface area (Å²) < 4.78 is 43.8. The zero-order valence-corrected chi connectivity index (χ0v) is 15.5. The number of ether oxygens (including phenoxy) is 1. The number of anilines is 1. The van der Waals surface area contributed by atoms with Crippen molar-refractivity contribution in [3.05, 3.63) is 59.9 Å². The van der Waals surface area contributed by atoms with Crippen LogP contribution in [0.3, 0.4) is 0 Å². The molecule has 28 heavy (non-hydrogen) atoms. The Bertz CT molecular complexity index is 1020. The number of benzene rings is 2. The van der Waals surface area contributed by atoms with E-state index in [1.807, 2.05) is 10.8 Å². The predicted octanol–water partition coefficient (Wildman–Crippen LogP) is 1.55. The summed E-state index contributed by atoms with van der Waals surface area (Å²) in [6.07, 6.45) is -1.23. The van der Waals surface area contributed by atoms with Crippen molar-refractivity contribution < 1.29 is 27.1 Å². The fourth-order valence-electron chi connectivity index (χ4n) is 2.07. The number of sulfonamides is 1. The van der Waals surface area contributed by atoms with Crippen LogP contribution in [0.2, 0.25) is 0 Å². The van der Waals surface area contributed by atoms with Gasteiger partial charge in [0.2, 0.25) is 10.0 Å². The number of hydrogen-bond donors (Lipinski definition) is 2. The number of hydrogen-bond acceptors (Lipinski definition) is 6. The fourth-order valence-corrected chi connectivity index (χ4v) is 3.04. The minimum atomic E-state index is -4.04. The molecule has 0 heterocycles. The lowest BCUT2D eigenvalue weighted by Gasteiger charge is -2.14. The molecule has 0 bridgehead atoms. The number of carbonyl (C=O) groups is 2. The first-order valence-electron chi connectivity index (χ1n) is 7.97. The molecule has 1 amide bonds. The highest BCUT2D eigenvalue weighted by molar-refractivity contribution is 7.89. The molecule has 10 heteroatoms. The Labute approximate surface area is 161 Å². The third-order valence-electron chi connectivity index (χ3n) is 3.51. The lowest BCUT2D eigenvalue weighted by atomic mass is 10.2. The minimum Gasteiger partial charge on any atom is -0.452 e.